The Balaban J connectivity index is 2.18. The van der Waals surface area contributed by atoms with E-state index >= 15 is 0 Å². The quantitative estimate of drug-likeness (QED) is 0.884. The lowest BCUT2D eigenvalue weighted by Gasteiger charge is -2.49. The second-order valence-corrected chi connectivity index (χ2v) is 6.90. The van der Waals surface area contributed by atoms with Gasteiger partial charge in [0.25, 0.3) is 0 Å². The summed E-state index contributed by atoms with van der Waals surface area (Å²) in [6.45, 7) is 12.0. The van der Waals surface area contributed by atoms with Crippen molar-refractivity contribution in [2.45, 2.75) is 45.3 Å². The molecule has 1 fully saturated rings. The second-order valence-electron chi connectivity index (χ2n) is 6.50. The maximum atomic E-state index is 6.27. The summed E-state index contributed by atoms with van der Waals surface area (Å²) in [6.07, 6.45) is 0. The highest BCUT2D eigenvalue weighted by Gasteiger charge is 2.37. The molecule has 2 nitrogen and oxygen atoms in total. The van der Waals surface area contributed by atoms with Crippen LogP contribution in [-0.2, 0) is 6.54 Å². The van der Waals surface area contributed by atoms with E-state index in [0.29, 0.717) is 0 Å². The molecular formula is C15H23ClN2. The lowest BCUT2D eigenvalue weighted by molar-refractivity contribution is 0.0324. The van der Waals surface area contributed by atoms with Gasteiger partial charge in [0.05, 0.1) is 0 Å². The van der Waals surface area contributed by atoms with Gasteiger partial charge in [-0.3, -0.25) is 4.90 Å². The highest BCUT2D eigenvalue weighted by molar-refractivity contribution is 6.31. The Bertz CT molecular complexity index is 426. The molecule has 0 bridgehead atoms. The zero-order valence-electron chi connectivity index (χ0n) is 11.8. The number of hydrogen-bond donors (Lipinski definition) is 1. The highest BCUT2D eigenvalue weighted by Crippen LogP contribution is 2.27. The SMILES string of the molecule is CC1(C)CN(Cc2ccccc2Cl)C(C)(C)CN1. The lowest BCUT2D eigenvalue weighted by Crippen LogP contribution is -2.65. The Kier molecular flexibility index (Phi) is 3.72. The molecule has 0 amide bonds. The van der Waals surface area contributed by atoms with Crippen molar-refractivity contribution in [3.63, 3.8) is 0 Å². The molecule has 0 aromatic heterocycles. The third-order valence-corrected chi connectivity index (χ3v) is 4.13. The average Bonchev–Trinajstić information content (AvgIpc) is 2.27. The summed E-state index contributed by atoms with van der Waals surface area (Å²) in [5.41, 5.74) is 1.54. The van der Waals surface area contributed by atoms with Crippen molar-refractivity contribution >= 4 is 11.6 Å². The van der Waals surface area contributed by atoms with E-state index in [1.165, 1.54) is 5.56 Å². The monoisotopic (exact) mass is 266 g/mol. The van der Waals surface area contributed by atoms with Gasteiger partial charge in [0.1, 0.15) is 0 Å². The normalized spacial score (nSPS) is 22.9. The van der Waals surface area contributed by atoms with Crippen molar-refractivity contribution in [1.82, 2.24) is 10.2 Å². The van der Waals surface area contributed by atoms with Crippen molar-refractivity contribution in [3.05, 3.63) is 34.9 Å². The van der Waals surface area contributed by atoms with Crippen molar-refractivity contribution in [3.8, 4) is 0 Å². The molecule has 1 N–H and O–H groups in total. The van der Waals surface area contributed by atoms with Gasteiger partial charge in [0.2, 0.25) is 0 Å². The van der Waals surface area contributed by atoms with Crippen LogP contribution in [-0.4, -0.2) is 29.1 Å². The first kappa shape index (κ1) is 13.9. The molecule has 1 saturated heterocycles. The van der Waals surface area contributed by atoms with Gasteiger partial charge in [0.15, 0.2) is 0 Å². The topological polar surface area (TPSA) is 15.3 Å². The van der Waals surface area contributed by atoms with E-state index in [1.54, 1.807) is 0 Å². The number of rotatable bonds is 2. The maximum absolute atomic E-state index is 6.27. The van der Waals surface area contributed by atoms with Crippen molar-refractivity contribution in [1.29, 1.82) is 0 Å². The number of nitrogens with one attached hydrogen (secondary N) is 1. The summed E-state index contributed by atoms with van der Waals surface area (Å²) in [4.78, 5) is 2.52. The zero-order valence-corrected chi connectivity index (χ0v) is 12.5. The van der Waals surface area contributed by atoms with Crippen LogP contribution in [0.3, 0.4) is 0 Å². The summed E-state index contributed by atoms with van der Waals surface area (Å²) in [6, 6.07) is 8.13. The molecule has 18 heavy (non-hydrogen) atoms. The largest absolute Gasteiger partial charge is 0.309 e. The minimum atomic E-state index is 0.161. The van der Waals surface area contributed by atoms with Gasteiger partial charge in [-0.15, -0.1) is 0 Å². The van der Waals surface area contributed by atoms with Gasteiger partial charge in [-0.2, -0.15) is 0 Å². The maximum Gasteiger partial charge on any atom is 0.0451 e. The first-order valence-corrected chi connectivity index (χ1v) is 6.91. The van der Waals surface area contributed by atoms with Crippen LogP contribution in [0.25, 0.3) is 0 Å². The number of hydrogen-bond acceptors (Lipinski definition) is 2. The Morgan fingerprint density at radius 1 is 1.22 bits per heavy atom. The summed E-state index contributed by atoms with van der Waals surface area (Å²) >= 11 is 6.27. The molecular weight excluding hydrogens is 244 g/mol. The minimum Gasteiger partial charge on any atom is -0.309 e. The molecule has 2 rings (SSSR count). The molecule has 0 aliphatic carbocycles. The first-order chi connectivity index (χ1) is 8.30. The molecule has 1 heterocycles. The summed E-state index contributed by atoms with van der Waals surface area (Å²) in [5.74, 6) is 0. The predicted molar refractivity (Wildman–Crippen MR) is 78.0 cm³/mol. The Labute approximate surface area is 115 Å². The molecule has 100 valence electrons. The fourth-order valence-corrected chi connectivity index (χ4v) is 2.61. The van der Waals surface area contributed by atoms with Crippen LogP contribution in [0.4, 0.5) is 0 Å². The minimum absolute atomic E-state index is 0.161. The van der Waals surface area contributed by atoms with Gasteiger partial charge in [0, 0.05) is 35.7 Å². The Morgan fingerprint density at radius 3 is 2.56 bits per heavy atom. The molecule has 1 aromatic carbocycles. The van der Waals surface area contributed by atoms with Crippen LogP contribution in [0.1, 0.15) is 33.3 Å². The van der Waals surface area contributed by atoms with E-state index in [0.717, 1.165) is 24.7 Å². The van der Waals surface area contributed by atoms with Gasteiger partial charge in [-0.25, -0.2) is 0 Å². The molecule has 3 heteroatoms. The second kappa shape index (κ2) is 4.84. The summed E-state index contributed by atoms with van der Waals surface area (Å²) < 4.78 is 0. The molecule has 1 aliphatic heterocycles. The highest BCUT2D eigenvalue weighted by atomic mass is 35.5. The molecule has 0 atom stereocenters. The number of halogens is 1. The van der Waals surface area contributed by atoms with E-state index in [2.05, 4.69) is 50.0 Å². The van der Waals surface area contributed by atoms with E-state index < -0.39 is 0 Å². The van der Waals surface area contributed by atoms with Crippen LogP contribution in [0.15, 0.2) is 24.3 Å². The molecule has 0 saturated carbocycles. The standard InChI is InChI=1S/C15H23ClN2/c1-14(2)11-18(15(3,4)10-17-14)9-12-7-5-6-8-13(12)16/h5-8,17H,9-11H2,1-4H3. The molecule has 0 radical (unpaired) electrons. The van der Waals surface area contributed by atoms with E-state index in [1.807, 2.05) is 12.1 Å². The lowest BCUT2D eigenvalue weighted by atomic mass is 9.91. The molecule has 1 aliphatic rings. The van der Waals surface area contributed by atoms with E-state index in [9.17, 15) is 0 Å². The summed E-state index contributed by atoms with van der Waals surface area (Å²) in [7, 11) is 0. The average molecular weight is 267 g/mol. The molecule has 1 aromatic rings. The third-order valence-electron chi connectivity index (χ3n) is 3.76. The van der Waals surface area contributed by atoms with Crippen LogP contribution in [0.5, 0.6) is 0 Å². The Hall–Kier alpha value is -0.570. The van der Waals surface area contributed by atoms with Crippen LogP contribution in [0, 0.1) is 0 Å². The smallest absolute Gasteiger partial charge is 0.0451 e. The van der Waals surface area contributed by atoms with Crippen LogP contribution < -0.4 is 5.32 Å². The van der Waals surface area contributed by atoms with Crippen molar-refractivity contribution in [2.24, 2.45) is 0 Å². The number of benzene rings is 1. The van der Waals surface area contributed by atoms with Gasteiger partial charge in [-0.1, -0.05) is 29.8 Å². The van der Waals surface area contributed by atoms with Gasteiger partial charge >= 0.3 is 0 Å². The fourth-order valence-electron chi connectivity index (χ4n) is 2.42. The van der Waals surface area contributed by atoms with Crippen LogP contribution in [0.2, 0.25) is 5.02 Å². The van der Waals surface area contributed by atoms with Gasteiger partial charge < -0.3 is 5.32 Å². The Morgan fingerprint density at radius 2 is 1.89 bits per heavy atom. The third kappa shape index (κ3) is 3.05. The predicted octanol–water partition coefficient (Wildman–Crippen LogP) is 3.30. The zero-order chi connectivity index (χ0) is 13.4. The number of piperazine rings is 1. The molecule has 0 spiro atoms. The summed E-state index contributed by atoms with van der Waals surface area (Å²) in [5, 5.41) is 4.47. The molecule has 0 unspecified atom stereocenters. The van der Waals surface area contributed by atoms with Crippen LogP contribution >= 0.6 is 11.6 Å². The van der Waals surface area contributed by atoms with Gasteiger partial charge in [-0.05, 0) is 39.3 Å². The van der Waals surface area contributed by atoms with Crippen molar-refractivity contribution < 1.29 is 0 Å². The first-order valence-electron chi connectivity index (χ1n) is 6.54. The van der Waals surface area contributed by atoms with E-state index in [-0.39, 0.29) is 11.1 Å². The van der Waals surface area contributed by atoms with Crippen molar-refractivity contribution in [2.75, 3.05) is 13.1 Å². The number of nitrogens with zero attached hydrogens (tertiary/aromatic N) is 1. The fraction of sp³-hybridized carbons (Fsp3) is 0.600. The van der Waals surface area contributed by atoms with E-state index in [4.69, 9.17) is 11.6 Å².